The second-order valence-corrected chi connectivity index (χ2v) is 7.86. The number of benzene rings is 3. The number of H-pyrrole nitrogens is 1. The van der Waals surface area contributed by atoms with Crippen LogP contribution in [0.5, 0.6) is 0 Å². The van der Waals surface area contributed by atoms with E-state index < -0.39 is 5.97 Å². The van der Waals surface area contributed by atoms with Gasteiger partial charge in [-0.1, -0.05) is 41.6 Å². The Labute approximate surface area is 193 Å². The van der Waals surface area contributed by atoms with Crippen molar-refractivity contribution in [3.05, 3.63) is 93.9 Å². The number of carbonyl (C=O) groups is 1. The minimum atomic E-state index is -1.04. The Balaban J connectivity index is 1.78. The number of aromatic carboxylic acids is 1. The maximum atomic E-state index is 12.4. The van der Waals surface area contributed by atoms with Gasteiger partial charge in [-0.15, -0.1) is 5.10 Å². The second kappa shape index (κ2) is 8.28. The van der Waals surface area contributed by atoms with Crippen LogP contribution < -0.4 is 10.9 Å². The first kappa shape index (κ1) is 21.1. The van der Waals surface area contributed by atoms with Gasteiger partial charge in [-0.3, -0.25) is 4.79 Å². The Bertz CT molecular complexity index is 1620. The first-order chi connectivity index (χ1) is 16.4. The van der Waals surface area contributed by atoms with Gasteiger partial charge >= 0.3 is 5.97 Å². The maximum absolute atomic E-state index is 12.4. The topological polar surface area (TPSA) is 126 Å². The average Bonchev–Trinajstić information content (AvgIpc) is 3.15. The van der Waals surface area contributed by atoms with Gasteiger partial charge in [0.25, 0.3) is 5.56 Å². The summed E-state index contributed by atoms with van der Waals surface area (Å²) in [4.78, 5) is 24.2. The lowest BCUT2D eigenvalue weighted by molar-refractivity contribution is 0.0698. The number of nitrogens with zero attached hydrogens (tertiary/aromatic N) is 4. The van der Waals surface area contributed by atoms with E-state index in [0.29, 0.717) is 28.1 Å². The lowest BCUT2D eigenvalue weighted by Gasteiger charge is -2.15. The van der Waals surface area contributed by atoms with Gasteiger partial charge in [0.15, 0.2) is 0 Å². The highest BCUT2D eigenvalue weighted by Gasteiger charge is 2.21. The summed E-state index contributed by atoms with van der Waals surface area (Å²) >= 11 is 0. The second-order valence-electron chi connectivity index (χ2n) is 7.86. The third-order valence-corrected chi connectivity index (χ3v) is 5.65. The van der Waals surface area contributed by atoms with E-state index in [1.807, 2.05) is 44.2 Å². The van der Waals surface area contributed by atoms with Gasteiger partial charge in [0.2, 0.25) is 0 Å². The zero-order chi connectivity index (χ0) is 23.8. The van der Waals surface area contributed by atoms with Crippen LogP contribution in [-0.4, -0.2) is 36.3 Å². The number of hydrogen-bond donors (Lipinski definition) is 3. The van der Waals surface area contributed by atoms with Gasteiger partial charge in [0.1, 0.15) is 11.3 Å². The van der Waals surface area contributed by atoms with Crippen LogP contribution in [0.1, 0.15) is 21.6 Å². The predicted octanol–water partition coefficient (Wildman–Crippen LogP) is 4.23. The molecule has 0 bridgehead atoms. The third kappa shape index (κ3) is 3.58. The van der Waals surface area contributed by atoms with E-state index >= 15 is 0 Å². The Hall–Kier alpha value is -4.79. The number of para-hydroxylation sites is 2. The molecule has 0 amide bonds. The summed E-state index contributed by atoms with van der Waals surface area (Å²) in [6.07, 6.45) is 0. The van der Waals surface area contributed by atoms with Gasteiger partial charge in [-0.05, 0) is 55.3 Å². The molecule has 0 unspecified atom stereocenters. The molecule has 168 valence electrons. The van der Waals surface area contributed by atoms with E-state index in [-0.39, 0.29) is 11.1 Å². The normalized spacial score (nSPS) is 11.0. The fraction of sp³-hybridized carbons (Fsp3) is 0.0800. The highest BCUT2D eigenvalue weighted by molar-refractivity contribution is 5.96. The van der Waals surface area contributed by atoms with Crippen LogP contribution in [-0.2, 0) is 0 Å². The molecule has 2 heterocycles. The zero-order valence-corrected chi connectivity index (χ0v) is 18.4. The highest BCUT2D eigenvalue weighted by Crippen LogP contribution is 2.37. The first-order valence-electron chi connectivity index (χ1n) is 10.5. The summed E-state index contributed by atoms with van der Waals surface area (Å²) in [5.41, 5.74) is 4.71. The minimum absolute atomic E-state index is 0.133. The summed E-state index contributed by atoms with van der Waals surface area (Å²) in [6.45, 7) is 3.85. The van der Waals surface area contributed by atoms with Crippen molar-refractivity contribution < 1.29 is 9.90 Å². The number of nitrogens with one attached hydrogen (secondary N) is 2. The molecule has 0 spiro atoms. The molecule has 34 heavy (non-hydrogen) atoms. The largest absolute Gasteiger partial charge is 0.478 e. The maximum Gasteiger partial charge on any atom is 0.337 e. The minimum Gasteiger partial charge on any atom is -0.478 e. The molecule has 5 aromatic rings. The van der Waals surface area contributed by atoms with Crippen molar-refractivity contribution in [1.29, 1.82) is 0 Å². The van der Waals surface area contributed by atoms with Crippen molar-refractivity contribution in [2.45, 2.75) is 13.8 Å². The summed E-state index contributed by atoms with van der Waals surface area (Å²) in [5.74, 6) is -0.461. The molecule has 0 aliphatic carbocycles. The van der Waals surface area contributed by atoms with Gasteiger partial charge in [0, 0.05) is 5.56 Å². The van der Waals surface area contributed by atoms with Crippen LogP contribution in [0.25, 0.3) is 27.7 Å². The summed E-state index contributed by atoms with van der Waals surface area (Å²) < 4.78 is 1.76. The Kier molecular flexibility index (Phi) is 5.14. The molecule has 0 saturated carbocycles. The van der Waals surface area contributed by atoms with Crippen molar-refractivity contribution in [3.8, 4) is 16.8 Å². The molecule has 0 aliphatic rings. The van der Waals surface area contributed by atoms with Crippen LogP contribution in [0.4, 0.5) is 11.5 Å². The number of carboxylic acid groups (broad SMARTS) is 1. The third-order valence-electron chi connectivity index (χ3n) is 5.65. The molecule has 9 nitrogen and oxygen atoms in total. The van der Waals surface area contributed by atoms with Crippen LogP contribution in [0.2, 0.25) is 0 Å². The number of fused-ring (bicyclic) bond motifs is 1. The SMILES string of the molecule is Cc1ccccc1-n1nc(C)c(-c2ccc3nn[nH]c(=O)c3c2)c1Nc1ccccc1C(=O)O. The molecule has 5 rings (SSSR count). The molecular weight excluding hydrogens is 432 g/mol. The van der Waals surface area contributed by atoms with Crippen LogP contribution in [0, 0.1) is 13.8 Å². The van der Waals surface area contributed by atoms with E-state index in [1.165, 1.54) is 0 Å². The molecule has 2 aromatic heterocycles. The van der Waals surface area contributed by atoms with Crippen molar-refractivity contribution in [2.24, 2.45) is 0 Å². The summed E-state index contributed by atoms with van der Waals surface area (Å²) in [6, 6.07) is 19.8. The van der Waals surface area contributed by atoms with Crippen LogP contribution in [0.3, 0.4) is 0 Å². The predicted molar refractivity (Wildman–Crippen MR) is 129 cm³/mol. The number of aromatic amines is 1. The first-order valence-corrected chi connectivity index (χ1v) is 10.5. The molecule has 0 atom stereocenters. The molecule has 0 aliphatic heterocycles. The van der Waals surface area contributed by atoms with E-state index in [1.54, 1.807) is 41.1 Å². The standard InChI is InChI=1S/C25H20N6O3/c1-14-7-3-6-10-21(14)31-23(26-19-9-5-4-8-17(19)25(33)34)22(15(2)29-31)16-11-12-20-18(13-16)24(32)28-30-27-20/h3-13,26H,1-2H3,(H,33,34)(H,27,28,32). The van der Waals surface area contributed by atoms with Gasteiger partial charge < -0.3 is 10.4 Å². The average molecular weight is 452 g/mol. The Morgan fingerprint density at radius 1 is 1.03 bits per heavy atom. The summed E-state index contributed by atoms with van der Waals surface area (Å²) in [5, 5.41) is 28.1. The van der Waals surface area contributed by atoms with Crippen LogP contribution >= 0.6 is 0 Å². The number of aryl methyl sites for hydroxylation is 2. The van der Waals surface area contributed by atoms with E-state index in [0.717, 1.165) is 22.4 Å². The summed E-state index contributed by atoms with van der Waals surface area (Å²) in [7, 11) is 0. The van der Waals surface area contributed by atoms with Crippen LogP contribution in [0.15, 0.2) is 71.5 Å². The Morgan fingerprint density at radius 2 is 1.79 bits per heavy atom. The number of carboxylic acids is 1. The lowest BCUT2D eigenvalue weighted by Crippen LogP contribution is -2.10. The molecular formula is C25H20N6O3. The van der Waals surface area contributed by atoms with Gasteiger partial charge in [-0.2, -0.15) is 5.10 Å². The number of anilines is 2. The molecule has 0 radical (unpaired) electrons. The Morgan fingerprint density at radius 3 is 2.59 bits per heavy atom. The highest BCUT2D eigenvalue weighted by atomic mass is 16.4. The number of hydrogen-bond acceptors (Lipinski definition) is 6. The molecule has 3 aromatic carbocycles. The smallest absolute Gasteiger partial charge is 0.337 e. The lowest BCUT2D eigenvalue weighted by atomic mass is 10.0. The monoisotopic (exact) mass is 452 g/mol. The molecule has 0 fully saturated rings. The van der Waals surface area contributed by atoms with Crippen molar-refractivity contribution in [2.75, 3.05) is 5.32 Å². The van der Waals surface area contributed by atoms with Gasteiger partial charge in [-0.25, -0.2) is 14.6 Å². The van der Waals surface area contributed by atoms with Gasteiger partial charge in [0.05, 0.1) is 28.0 Å². The zero-order valence-electron chi connectivity index (χ0n) is 18.4. The van der Waals surface area contributed by atoms with E-state index in [4.69, 9.17) is 5.10 Å². The molecule has 0 saturated heterocycles. The van der Waals surface area contributed by atoms with Crippen molar-refractivity contribution in [1.82, 2.24) is 25.2 Å². The fourth-order valence-corrected chi connectivity index (χ4v) is 4.01. The molecule has 9 heteroatoms. The number of rotatable bonds is 5. The molecule has 3 N–H and O–H groups in total. The fourth-order valence-electron chi connectivity index (χ4n) is 4.01. The number of aromatic nitrogens is 5. The van der Waals surface area contributed by atoms with Crippen molar-refractivity contribution >= 4 is 28.4 Å². The van der Waals surface area contributed by atoms with Crippen molar-refractivity contribution in [3.63, 3.8) is 0 Å². The quantitative estimate of drug-likeness (QED) is 0.364. The van der Waals surface area contributed by atoms with E-state index in [9.17, 15) is 14.7 Å². The van der Waals surface area contributed by atoms with E-state index in [2.05, 4.69) is 20.7 Å².